The number of benzene rings is 2. The predicted octanol–water partition coefficient (Wildman–Crippen LogP) is 0.989. The lowest BCUT2D eigenvalue weighted by Crippen LogP contribution is -3.14. The minimum absolute atomic E-state index is 0.0384. The maximum Gasteiger partial charge on any atom is 0.219 e. The topological polar surface area (TPSA) is 77.5 Å². The van der Waals surface area contributed by atoms with E-state index in [4.69, 9.17) is 4.74 Å². The molecule has 1 fully saturated rings. The Labute approximate surface area is 158 Å². The lowest BCUT2D eigenvalue weighted by molar-refractivity contribution is -0.933. The van der Waals surface area contributed by atoms with Crippen molar-refractivity contribution in [3.8, 4) is 11.4 Å². The van der Waals surface area contributed by atoms with Crippen molar-refractivity contribution in [3.63, 3.8) is 0 Å². The van der Waals surface area contributed by atoms with Crippen molar-refractivity contribution in [2.75, 3.05) is 26.3 Å². The molecule has 1 aliphatic rings. The molecular formula is C20H24N5O2+. The molecule has 0 amide bonds. The first-order valence-corrected chi connectivity index (χ1v) is 9.21. The standard InChI is InChI=1S/C20H23N5O2/c1-14-4-3-5-15(2)18(14)25-20(21-22-23-25)19(24-10-12-27-13-11-24)16-6-8-17(26)9-7-16/h3-9,19,26H,10-13H2,1-2H3/p+1/t19-/m0/s1. The Morgan fingerprint density at radius 2 is 1.70 bits per heavy atom. The highest BCUT2D eigenvalue weighted by molar-refractivity contribution is 5.47. The molecule has 0 unspecified atom stereocenters. The van der Waals surface area contributed by atoms with Gasteiger partial charge in [-0.2, -0.15) is 4.68 Å². The van der Waals surface area contributed by atoms with E-state index in [0.717, 1.165) is 54.5 Å². The summed E-state index contributed by atoms with van der Waals surface area (Å²) in [6.07, 6.45) is 0. The van der Waals surface area contributed by atoms with Gasteiger partial charge in [-0.15, -0.1) is 5.10 Å². The summed E-state index contributed by atoms with van der Waals surface area (Å²) in [4.78, 5) is 1.36. The van der Waals surface area contributed by atoms with Gasteiger partial charge in [0.25, 0.3) is 0 Å². The fourth-order valence-electron chi connectivity index (χ4n) is 3.83. The molecule has 7 heteroatoms. The second-order valence-corrected chi connectivity index (χ2v) is 6.98. The van der Waals surface area contributed by atoms with Crippen LogP contribution in [0.4, 0.5) is 0 Å². The number of aromatic nitrogens is 4. The molecule has 0 aliphatic carbocycles. The molecular weight excluding hydrogens is 342 g/mol. The van der Waals surface area contributed by atoms with E-state index in [-0.39, 0.29) is 11.8 Å². The molecule has 0 saturated carbocycles. The molecule has 4 rings (SSSR count). The zero-order valence-corrected chi connectivity index (χ0v) is 15.6. The highest BCUT2D eigenvalue weighted by atomic mass is 16.5. The third-order valence-electron chi connectivity index (χ3n) is 5.17. The van der Waals surface area contributed by atoms with Crippen molar-refractivity contribution < 1.29 is 14.7 Å². The molecule has 0 spiro atoms. The quantitative estimate of drug-likeness (QED) is 0.720. The first-order chi connectivity index (χ1) is 13.1. The lowest BCUT2D eigenvalue weighted by Gasteiger charge is -2.31. The van der Waals surface area contributed by atoms with Crippen LogP contribution < -0.4 is 4.90 Å². The van der Waals surface area contributed by atoms with E-state index >= 15 is 0 Å². The maximum atomic E-state index is 9.71. The number of phenols is 1. The molecule has 2 heterocycles. The number of rotatable bonds is 4. The van der Waals surface area contributed by atoms with E-state index in [9.17, 15) is 5.11 Å². The number of para-hydroxylation sites is 1. The fourth-order valence-corrected chi connectivity index (χ4v) is 3.83. The summed E-state index contributed by atoms with van der Waals surface area (Å²) in [7, 11) is 0. The van der Waals surface area contributed by atoms with Crippen LogP contribution in [0.15, 0.2) is 42.5 Å². The van der Waals surface area contributed by atoms with Gasteiger partial charge < -0.3 is 14.7 Å². The summed E-state index contributed by atoms with van der Waals surface area (Å²) in [6.45, 7) is 7.34. The van der Waals surface area contributed by atoms with Crippen LogP contribution >= 0.6 is 0 Å². The van der Waals surface area contributed by atoms with Gasteiger partial charge in [-0.1, -0.05) is 18.2 Å². The molecule has 1 atom stereocenters. The molecule has 3 aromatic rings. The molecule has 140 valence electrons. The third kappa shape index (κ3) is 3.43. The Bertz CT molecular complexity index is 896. The summed E-state index contributed by atoms with van der Waals surface area (Å²) in [5.41, 5.74) is 4.36. The van der Waals surface area contributed by atoms with Gasteiger partial charge in [0.15, 0.2) is 6.04 Å². The Morgan fingerprint density at radius 3 is 2.37 bits per heavy atom. The Hall–Kier alpha value is -2.77. The van der Waals surface area contributed by atoms with Gasteiger partial charge in [0, 0.05) is 5.56 Å². The first-order valence-electron chi connectivity index (χ1n) is 9.21. The molecule has 2 N–H and O–H groups in total. The van der Waals surface area contributed by atoms with Crippen LogP contribution in [0, 0.1) is 13.8 Å². The number of nitrogens with zero attached hydrogens (tertiary/aromatic N) is 4. The molecule has 1 saturated heterocycles. The smallest absolute Gasteiger partial charge is 0.219 e. The number of morpholine rings is 1. The molecule has 0 radical (unpaired) electrons. The summed E-state index contributed by atoms with van der Waals surface area (Å²) in [5.74, 6) is 1.05. The van der Waals surface area contributed by atoms with E-state index in [1.165, 1.54) is 4.90 Å². The normalized spacial score (nSPS) is 16.4. The van der Waals surface area contributed by atoms with E-state index < -0.39 is 0 Å². The van der Waals surface area contributed by atoms with Gasteiger partial charge in [-0.25, -0.2) is 0 Å². The molecule has 1 aliphatic heterocycles. The van der Waals surface area contributed by atoms with Crippen LogP contribution in [-0.2, 0) is 4.74 Å². The summed E-state index contributed by atoms with van der Waals surface area (Å²) in [5, 5.41) is 22.5. The minimum atomic E-state index is -0.0384. The van der Waals surface area contributed by atoms with E-state index in [0.29, 0.717) is 0 Å². The van der Waals surface area contributed by atoms with Gasteiger partial charge >= 0.3 is 0 Å². The van der Waals surface area contributed by atoms with Crippen LogP contribution in [0.5, 0.6) is 5.75 Å². The molecule has 7 nitrogen and oxygen atoms in total. The number of aryl methyl sites for hydroxylation is 2. The van der Waals surface area contributed by atoms with Crippen molar-refractivity contribution in [1.29, 1.82) is 0 Å². The van der Waals surface area contributed by atoms with Crippen LogP contribution in [0.2, 0.25) is 0 Å². The van der Waals surface area contributed by atoms with Crippen LogP contribution in [0.25, 0.3) is 5.69 Å². The number of hydrogen-bond acceptors (Lipinski definition) is 5. The average molecular weight is 366 g/mol. The van der Waals surface area contributed by atoms with Crippen molar-refractivity contribution in [1.82, 2.24) is 20.2 Å². The first kappa shape index (κ1) is 17.6. The highest BCUT2D eigenvalue weighted by Gasteiger charge is 2.33. The van der Waals surface area contributed by atoms with Gasteiger partial charge in [0.2, 0.25) is 5.82 Å². The molecule has 1 aromatic heterocycles. The van der Waals surface area contributed by atoms with Crippen LogP contribution in [-0.4, -0.2) is 51.6 Å². The molecule has 27 heavy (non-hydrogen) atoms. The van der Waals surface area contributed by atoms with Gasteiger partial charge in [-0.05, 0) is 59.7 Å². The van der Waals surface area contributed by atoms with E-state index in [1.807, 2.05) is 22.9 Å². The largest absolute Gasteiger partial charge is 0.508 e. The number of nitrogens with one attached hydrogen (secondary N) is 1. The number of aromatic hydroxyl groups is 1. The monoisotopic (exact) mass is 366 g/mol. The number of hydrogen-bond donors (Lipinski definition) is 2. The van der Waals surface area contributed by atoms with Crippen molar-refractivity contribution in [3.05, 3.63) is 65.0 Å². The zero-order valence-electron chi connectivity index (χ0n) is 15.6. The van der Waals surface area contributed by atoms with Gasteiger partial charge in [0.1, 0.15) is 18.8 Å². The van der Waals surface area contributed by atoms with Crippen LogP contribution in [0.3, 0.4) is 0 Å². The Kier molecular flexibility index (Phi) is 4.87. The predicted molar refractivity (Wildman–Crippen MR) is 100 cm³/mol. The van der Waals surface area contributed by atoms with Crippen LogP contribution in [0.1, 0.15) is 28.6 Å². The number of phenolic OH excluding ortho intramolecular Hbond substituents is 1. The summed E-state index contributed by atoms with van der Waals surface area (Å²) in [6, 6.07) is 13.5. The molecule has 0 bridgehead atoms. The summed E-state index contributed by atoms with van der Waals surface area (Å²) >= 11 is 0. The van der Waals surface area contributed by atoms with Crippen molar-refractivity contribution in [2.24, 2.45) is 0 Å². The van der Waals surface area contributed by atoms with Gasteiger partial charge in [-0.3, -0.25) is 0 Å². The Morgan fingerprint density at radius 1 is 1.04 bits per heavy atom. The maximum absolute atomic E-state index is 9.71. The second-order valence-electron chi connectivity index (χ2n) is 6.98. The van der Waals surface area contributed by atoms with Crippen molar-refractivity contribution >= 4 is 0 Å². The Balaban J connectivity index is 1.84. The highest BCUT2D eigenvalue weighted by Crippen LogP contribution is 2.25. The number of tetrazole rings is 1. The second kappa shape index (κ2) is 7.46. The number of ether oxygens (including phenoxy) is 1. The fraction of sp³-hybridized carbons (Fsp3) is 0.350. The third-order valence-corrected chi connectivity index (χ3v) is 5.17. The zero-order chi connectivity index (χ0) is 18.8. The van der Waals surface area contributed by atoms with E-state index in [2.05, 4.69) is 41.5 Å². The SMILES string of the molecule is Cc1cccc(C)c1-n1nnnc1[C@H](c1ccc(O)cc1)[NH+]1CCOCC1. The van der Waals surface area contributed by atoms with Gasteiger partial charge in [0.05, 0.1) is 18.9 Å². The van der Waals surface area contributed by atoms with E-state index in [1.54, 1.807) is 12.1 Å². The van der Waals surface area contributed by atoms with Crippen molar-refractivity contribution in [2.45, 2.75) is 19.9 Å². The minimum Gasteiger partial charge on any atom is -0.508 e. The average Bonchev–Trinajstić information content (AvgIpc) is 3.13. The summed E-state index contributed by atoms with van der Waals surface area (Å²) < 4.78 is 7.42. The lowest BCUT2D eigenvalue weighted by atomic mass is 10.0. The number of quaternary nitrogens is 1. The molecule has 2 aromatic carbocycles.